The molecule has 5 heteroatoms. The van der Waals surface area contributed by atoms with Gasteiger partial charge in [0, 0.05) is 25.0 Å². The number of hydrogen-bond acceptors (Lipinski definition) is 3. The van der Waals surface area contributed by atoms with Crippen molar-refractivity contribution in [2.45, 2.75) is 26.5 Å². The SMILES string of the molecule is CC(C)Oc1ccc(CNC(=O)/C=C\c2cccnc2)cc1F. The van der Waals surface area contributed by atoms with Crippen molar-refractivity contribution in [3.8, 4) is 5.75 Å². The van der Waals surface area contributed by atoms with E-state index < -0.39 is 5.82 Å². The summed E-state index contributed by atoms with van der Waals surface area (Å²) < 4.78 is 19.2. The molecule has 1 aromatic heterocycles. The van der Waals surface area contributed by atoms with Gasteiger partial charge in [-0.15, -0.1) is 0 Å². The summed E-state index contributed by atoms with van der Waals surface area (Å²) in [7, 11) is 0. The van der Waals surface area contributed by atoms with E-state index >= 15 is 0 Å². The number of benzene rings is 1. The number of ether oxygens (including phenoxy) is 1. The minimum Gasteiger partial charge on any atom is -0.488 e. The molecular formula is C18H19FN2O2. The van der Waals surface area contributed by atoms with Crippen molar-refractivity contribution in [1.29, 1.82) is 0 Å². The number of nitrogens with one attached hydrogen (secondary N) is 1. The molecule has 0 aliphatic carbocycles. The second-order valence-electron chi connectivity index (χ2n) is 5.27. The summed E-state index contributed by atoms with van der Waals surface area (Å²) in [6.45, 7) is 3.92. The monoisotopic (exact) mass is 314 g/mol. The highest BCUT2D eigenvalue weighted by molar-refractivity contribution is 5.91. The van der Waals surface area contributed by atoms with Crippen LogP contribution < -0.4 is 10.1 Å². The van der Waals surface area contributed by atoms with Crippen molar-refractivity contribution in [3.63, 3.8) is 0 Å². The van der Waals surface area contributed by atoms with Crippen LogP contribution in [0.15, 0.2) is 48.8 Å². The van der Waals surface area contributed by atoms with Crippen LogP contribution in [-0.4, -0.2) is 17.0 Å². The summed E-state index contributed by atoms with van der Waals surface area (Å²) in [5.41, 5.74) is 1.51. The van der Waals surface area contributed by atoms with Crippen molar-refractivity contribution < 1.29 is 13.9 Å². The molecule has 0 aliphatic rings. The summed E-state index contributed by atoms with van der Waals surface area (Å²) in [5, 5.41) is 2.70. The van der Waals surface area contributed by atoms with Crippen LogP contribution in [0.5, 0.6) is 5.75 Å². The summed E-state index contributed by atoms with van der Waals surface area (Å²) in [6, 6.07) is 8.30. The number of carbonyl (C=O) groups is 1. The topological polar surface area (TPSA) is 51.2 Å². The maximum atomic E-state index is 13.8. The van der Waals surface area contributed by atoms with E-state index in [1.807, 2.05) is 19.9 Å². The fourth-order valence-corrected chi connectivity index (χ4v) is 1.90. The number of halogens is 1. The van der Waals surface area contributed by atoms with Gasteiger partial charge in [-0.2, -0.15) is 0 Å². The molecule has 0 radical (unpaired) electrons. The number of carbonyl (C=O) groups excluding carboxylic acids is 1. The minimum atomic E-state index is -0.434. The van der Waals surface area contributed by atoms with E-state index in [1.165, 1.54) is 12.1 Å². The molecule has 0 unspecified atom stereocenters. The number of pyridine rings is 1. The third kappa shape index (κ3) is 5.54. The van der Waals surface area contributed by atoms with E-state index in [4.69, 9.17) is 4.74 Å². The van der Waals surface area contributed by atoms with Gasteiger partial charge < -0.3 is 10.1 Å². The standard InChI is InChI=1S/C18H19FN2O2/c1-13(2)23-17-7-5-15(10-16(17)19)12-21-18(22)8-6-14-4-3-9-20-11-14/h3-11,13H,12H2,1-2H3,(H,21,22)/b8-6-. The third-order valence-electron chi connectivity index (χ3n) is 2.94. The van der Waals surface area contributed by atoms with Crippen LogP contribution >= 0.6 is 0 Å². The Labute approximate surface area is 135 Å². The van der Waals surface area contributed by atoms with Gasteiger partial charge in [0.2, 0.25) is 5.91 Å². The Balaban J connectivity index is 1.89. The second kappa shape index (κ2) is 8.08. The van der Waals surface area contributed by atoms with Gasteiger partial charge in [0.25, 0.3) is 0 Å². The summed E-state index contributed by atoms with van der Waals surface area (Å²) in [6.07, 6.45) is 6.32. The number of rotatable bonds is 6. The first-order valence-corrected chi connectivity index (χ1v) is 7.35. The molecule has 0 bridgehead atoms. The van der Waals surface area contributed by atoms with Gasteiger partial charge in [0.1, 0.15) is 0 Å². The van der Waals surface area contributed by atoms with Gasteiger partial charge in [0.15, 0.2) is 11.6 Å². The molecular weight excluding hydrogens is 295 g/mol. The molecule has 120 valence electrons. The number of hydrogen-bond donors (Lipinski definition) is 1. The molecule has 0 aliphatic heterocycles. The van der Waals surface area contributed by atoms with Crippen molar-refractivity contribution in [2.75, 3.05) is 0 Å². The fraction of sp³-hybridized carbons (Fsp3) is 0.222. The first-order valence-electron chi connectivity index (χ1n) is 7.35. The highest BCUT2D eigenvalue weighted by Gasteiger charge is 2.07. The number of aromatic nitrogens is 1. The van der Waals surface area contributed by atoms with Gasteiger partial charge in [0.05, 0.1) is 6.10 Å². The van der Waals surface area contributed by atoms with Gasteiger partial charge in [-0.1, -0.05) is 12.1 Å². The molecule has 0 fully saturated rings. The molecule has 0 spiro atoms. The quantitative estimate of drug-likeness (QED) is 0.832. The largest absolute Gasteiger partial charge is 0.488 e. The second-order valence-corrected chi connectivity index (χ2v) is 5.27. The summed E-state index contributed by atoms with van der Waals surface area (Å²) in [4.78, 5) is 15.7. The van der Waals surface area contributed by atoms with Gasteiger partial charge >= 0.3 is 0 Å². The van der Waals surface area contributed by atoms with Crippen LogP contribution in [0.1, 0.15) is 25.0 Å². The van der Waals surface area contributed by atoms with Crippen LogP contribution in [-0.2, 0) is 11.3 Å². The molecule has 0 atom stereocenters. The van der Waals surface area contributed by atoms with Crippen molar-refractivity contribution in [2.24, 2.45) is 0 Å². The Bertz CT molecular complexity index is 685. The average molecular weight is 314 g/mol. The Hall–Kier alpha value is -2.69. The molecule has 4 nitrogen and oxygen atoms in total. The van der Waals surface area contributed by atoms with E-state index in [1.54, 1.807) is 36.7 Å². The smallest absolute Gasteiger partial charge is 0.244 e. The highest BCUT2D eigenvalue weighted by Crippen LogP contribution is 2.19. The van der Waals surface area contributed by atoms with E-state index in [9.17, 15) is 9.18 Å². The maximum Gasteiger partial charge on any atom is 0.244 e. The van der Waals surface area contributed by atoms with Gasteiger partial charge in [-0.3, -0.25) is 9.78 Å². The van der Waals surface area contributed by atoms with Crippen molar-refractivity contribution >= 4 is 12.0 Å². The predicted molar refractivity (Wildman–Crippen MR) is 87.3 cm³/mol. The number of nitrogens with zero attached hydrogens (tertiary/aromatic N) is 1. The van der Waals surface area contributed by atoms with Crippen LogP contribution in [0.2, 0.25) is 0 Å². The zero-order chi connectivity index (χ0) is 16.7. The molecule has 2 rings (SSSR count). The van der Waals surface area contributed by atoms with E-state index in [2.05, 4.69) is 10.3 Å². The Kier molecular flexibility index (Phi) is 5.86. The lowest BCUT2D eigenvalue weighted by Crippen LogP contribution is -2.20. The minimum absolute atomic E-state index is 0.0901. The lowest BCUT2D eigenvalue weighted by atomic mass is 10.2. The molecule has 1 heterocycles. The molecule has 0 saturated carbocycles. The lowest BCUT2D eigenvalue weighted by Gasteiger charge is -2.11. The Morgan fingerprint density at radius 2 is 2.22 bits per heavy atom. The van der Waals surface area contributed by atoms with E-state index in [-0.39, 0.29) is 24.3 Å². The van der Waals surface area contributed by atoms with Crippen molar-refractivity contribution in [3.05, 3.63) is 65.7 Å². The Morgan fingerprint density at radius 1 is 1.39 bits per heavy atom. The average Bonchev–Trinajstić information content (AvgIpc) is 2.54. The van der Waals surface area contributed by atoms with Crippen LogP contribution in [0, 0.1) is 5.82 Å². The normalized spacial score (nSPS) is 11.0. The summed E-state index contributed by atoms with van der Waals surface area (Å²) >= 11 is 0. The van der Waals surface area contributed by atoms with Crippen LogP contribution in [0.4, 0.5) is 4.39 Å². The first-order chi connectivity index (χ1) is 11.0. The predicted octanol–water partition coefficient (Wildman–Crippen LogP) is 3.34. The molecule has 1 aromatic carbocycles. The number of amides is 1. The zero-order valence-electron chi connectivity index (χ0n) is 13.1. The highest BCUT2D eigenvalue weighted by atomic mass is 19.1. The van der Waals surface area contributed by atoms with Crippen molar-refractivity contribution in [1.82, 2.24) is 10.3 Å². The lowest BCUT2D eigenvalue weighted by molar-refractivity contribution is -0.116. The van der Waals surface area contributed by atoms with Gasteiger partial charge in [-0.25, -0.2) is 4.39 Å². The molecule has 0 saturated heterocycles. The third-order valence-corrected chi connectivity index (χ3v) is 2.94. The molecule has 1 amide bonds. The van der Waals surface area contributed by atoms with Crippen LogP contribution in [0.25, 0.3) is 6.08 Å². The zero-order valence-corrected chi connectivity index (χ0v) is 13.1. The van der Waals surface area contributed by atoms with Gasteiger partial charge in [-0.05, 0) is 49.2 Å². The van der Waals surface area contributed by atoms with E-state index in [0.29, 0.717) is 5.56 Å². The molecule has 23 heavy (non-hydrogen) atoms. The maximum absolute atomic E-state index is 13.8. The Morgan fingerprint density at radius 3 is 2.87 bits per heavy atom. The molecule has 2 aromatic rings. The molecule has 1 N–H and O–H groups in total. The first kappa shape index (κ1) is 16.7. The van der Waals surface area contributed by atoms with Crippen LogP contribution in [0.3, 0.4) is 0 Å². The van der Waals surface area contributed by atoms with E-state index in [0.717, 1.165) is 5.56 Å². The summed E-state index contributed by atoms with van der Waals surface area (Å²) in [5.74, 6) is -0.473. The fourth-order valence-electron chi connectivity index (χ4n) is 1.90.